The van der Waals surface area contributed by atoms with E-state index < -0.39 is 0 Å². The number of methoxy groups -OCH3 is 1. The molecule has 0 spiro atoms. The third kappa shape index (κ3) is 3.89. The quantitative estimate of drug-likeness (QED) is 0.871. The minimum absolute atomic E-state index is 0.120. The Morgan fingerprint density at radius 2 is 1.78 bits per heavy atom. The van der Waals surface area contributed by atoms with Crippen molar-refractivity contribution in [1.29, 1.82) is 0 Å². The number of hydrogen-bond acceptors (Lipinski definition) is 3. The van der Waals surface area contributed by atoms with Crippen LogP contribution in [0.5, 0.6) is 5.75 Å². The van der Waals surface area contributed by atoms with Crippen molar-refractivity contribution in [2.24, 2.45) is 5.92 Å². The Labute approximate surface area is 137 Å². The van der Waals surface area contributed by atoms with Gasteiger partial charge in [0.05, 0.1) is 7.11 Å². The van der Waals surface area contributed by atoms with Crippen molar-refractivity contribution in [3.8, 4) is 5.75 Å². The maximum absolute atomic E-state index is 12.5. The first-order chi connectivity index (χ1) is 11.3. The number of pyridine rings is 1. The van der Waals surface area contributed by atoms with Crippen LogP contribution in [0.4, 0.5) is 0 Å². The van der Waals surface area contributed by atoms with Crippen LogP contribution in [0.3, 0.4) is 0 Å². The maximum atomic E-state index is 12.5. The molecule has 1 saturated heterocycles. The van der Waals surface area contributed by atoms with E-state index in [0.29, 0.717) is 5.92 Å². The summed E-state index contributed by atoms with van der Waals surface area (Å²) in [6.45, 7) is 1.67. The van der Waals surface area contributed by atoms with Crippen molar-refractivity contribution in [2.45, 2.75) is 19.3 Å². The summed E-state index contributed by atoms with van der Waals surface area (Å²) >= 11 is 0. The van der Waals surface area contributed by atoms with E-state index in [4.69, 9.17) is 4.74 Å². The number of carbonyl (C=O) groups is 1. The van der Waals surface area contributed by atoms with E-state index in [-0.39, 0.29) is 5.91 Å². The van der Waals surface area contributed by atoms with Gasteiger partial charge in [-0.3, -0.25) is 9.78 Å². The van der Waals surface area contributed by atoms with Crippen molar-refractivity contribution < 1.29 is 9.53 Å². The van der Waals surface area contributed by atoms with Crippen LogP contribution >= 0.6 is 0 Å². The highest BCUT2D eigenvalue weighted by atomic mass is 16.5. The zero-order chi connectivity index (χ0) is 16.1. The smallest absolute Gasteiger partial charge is 0.253 e. The van der Waals surface area contributed by atoms with Gasteiger partial charge in [-0.25, -0.2) is 0 Å². The first-order valence-electron chi connectivity index (χ1n) is 8.08. The summed E-state index contributed by atoms with van der Waals surface area (Å²) in [5.74, 6) is 1.55. The summed E-state index contributed by atoms with van der Waals surface area (Å²) < 4.78 is 5.14. The molecule has 1 aromatic heterocycles. The molecule has 3 rings (SSSR count). The lowest BCUT2D eigenvalue weighted by Crippen LogP contribution is -2.38. The monoisotopic (exact) mass is 310 g/mol. The van der Waals surface area contributed by atoms with Crippen LogP contribution in [0.15, 0.2) is 48.8 Å². The normalized spacial score (nSPS) is 15.4. The van der Waals surface area contributed by atoms with E-state index >= 15 is 0 Å². The molecule has 2 aromatic rings. The molecule has 23 heavy (non-hydrogen) atoms. The van der Waals surface area contributed by atoms with Gasteiger partial charge < -0.3 is 9.64 Å². The van der Waals surface area contributed by atoms with Gasteiger partial charge in [-0.15, -0.1) is 0 Å². The van der Waals surface area contributed by atoms with E-state index in [9.17, 15) is 4.79 Å². The molecule has 120 valence electrons. The minimum Gasteiger partial charge on any atom is -0.497 e. The second-order valence-electron chi connectivity index (χ2n) is 6.02. The average molecular weight is 310 g/mol. The lowest BCUT2D eigenvalue weighted by atomic mass is 9.90. The Balaban J connectivity index is 1.54. The van der Waals surface area contributed by atoms with Crippen molar-refractivity contribution in [2.75, 3.05) is 20.2 Å². The Hall–Kier alpha value is -2.36. The fourth-order valence-electron chi connectivity index (χ4n) is 3.11. The summed E-state index contributed by atoms with van der Waals surface area (Å²) in [7, 11) is 1.63. The van der Waals surface area contributed by atoms with Crippen LogP contribution < -0.4 is 4.74 Å². The van der Waals surface area contributed by atoms with Crippen molar-refractivity contribution in [3.05, 3.63) is 59.9 Å². The summed E-state index contributed by atoms with van der Waals surface area (Å²) in [6.07, 6.45) is 6.89. The number of hydrogen-bond donors (Lipinski definition) is 0. The Bertz CT molecular complexity index is 632. The first kappa shape index (κ1) is 15.5. The lowest BCUT2D eigenvalue weighted by Gasteiger charge is -2.32. The fourth-order valence-corrected chi connectivity index (χ4v) is 3.11. The lowest BCUT2D eigenvalue weighted by molar-refractivity contribution is 0.0690. The topological polar surface area (TPSA) is 42.4 Å². The van der Waals surface area contributed by atoms with Gasteiger partial charge in [0, 0.05) is 31.0 Å². The molecule has 1 amide bonds. The summed E-state index contributed by atoms with van der Waals surface area (Å²) in [5, 5.41) is 0. The molecule has 0 atom stereocenters. The predicted molar refractivity (Wildman–Crippen MR) is 89.6 cm³/mol. The molecule has 0 aliphatic carbocycles. The molecule has 0 N–H and O–H groups in total. The zero-order valence-electron chi connectivity index (χ0n) is 13.4. The number of piperidine rings is 1. The molecule has 2 heterocycles. The van der Waals surface area contributed by atoms with E-state index in [2.05, 4.69) is 17.1 Å². The van der Waals surface area contributed by atoms with Crippen LogP contribution in [-0.4, -0.2) is 36.0 Å². The van der Waals surface area contributed by atoms with Crippen molar-refractivity contribution >= 4 is 5.91 Å². The molecule has 0 radical (unpaired) electrons. The van der Waals surface area contributed by atoms with Gasteiger partial charge in [-0.1, -0.05) is 0 Å². The molecule has 1 aromatic carbocycles. The van der Waals surface area contributed by atoms with Gasteiger partial charge in [0.25, 0.3) is 5.91 Å². The molecular formula is C19H22N2O2. The molecule has 4 heteroatoms. The molecule has 0 unspecified atom stereocenters. The fraction of sp³-hybridized carbons (Fsp3) is 0.368. The van der Waals surface area contributed by atoms with E-state index in [0.717, 1.165) is 43.7 Å². The van der Waals surface area contributed by atoms with Gasteiger partial charge in [0.1, 0.15) is 5.75 Å². The van der Waals surface area contributed by atoms with Crippen molar-refractivity contribution in [1.82, 2.24) is 9.88 Å². The molecule has 0 bridgehead atoms. The van der Waals surface area contributed by atoms with Gasteiger partial charge >= 0.3 is 0 Å². The van der Waals surface area contributed by atoms with Crippen LogP contribution in [0.2, 0.25) is 0 Å². The summed E-state index contributed by atoms with van der Waals surface area (Å²) in [4.78, 5) is 18.6. The Morgan fingerprint density at radius 1 is 1.13 bits per heavy atom. The van der Waals surface area contributed by atoms with Crippen LogP contribution in [0, 0.1) is 5.92 Å². The van der Waals surface area contributed by atoms with E-state index in [1.54, 1.807) is 7.11 Å². The molecule has 1 aliphatic heterocycles. The Kier molecular flexibility index (Phi) is 4.91. The van der Waals surface area contributed by atoms with Gasteiger partial charge in [0.15, 0.2) is 0 Å². The number of amides is 1. The second-order valence-corrected chi connectivity index (χ2v) is 6.02. The Morgan fingerprint density at radius 3 is 2.39 bits per heavy atom. The number of nitrogens with zero attached hydrogens (tertiary/aromatic N) is 2. The average Bonchev–Trinajstić information content (AvgIpc) is 2.63. The number of aromatic nitrogens is 1. The number of benzene rings is 1. The maximum Gasteiger partial charge on any atom is 0.253 e. The molecule has 4 nitrogen and oxygen atoms in total. The van der Waals surface area contributed by atoms with Crippen LogP contribution in [0.1, 0.15) is 28.8 Å². The van der Waals surface area contributed by atoms with Crippen molar-refractivity contribution in [3.63, 3.8) is 0 Å². The highest BCUT2D eigenvalue weighted by Crippen LogP contribution is 2.23. The van der Waals surface area contributed by atoms with Crippen LogP contribution in [-0.2, 0) is 6.42 Å². The zero-order valence-corrected chi connectivity index (χ0v) is 13.4. The number of rotatable bonds is 4. The second kappa shape index (κ2) is 7.27. The number of ether oxygens (including phenoxy) is 1. The number of carbonyl (C=O) groups excluding carboxylic acids is 1. The standard InChI is InChI=1S/C19H22N2O2/c1-23-18-4-2-17(3-5-18)19(22)21-12-8-16(9-13-21)14-15-6-10-20-11-7-15/h2-7,10-11,16H,8-9,12-14H2,1H3. The minimum atomic E-state index is 0.120. The molecule has 0 saturated carbocycles. The highest BCUT2D eigenvalue weighted by molar-refractivity contribution is 5.94. The molecular weight excluding hydrogens is 288 g/mol. The third-order valence-corrected chi connectivity index (χ3v) is 4.51. The first-order valence-corrected chi connectivity index (χ1v) is 8.08. The number of likely N-dealkylation sites (tertiary alicyclic amines) is 1. The highest BCUT2D eigenvalue weighted by Gasteiger charge is 2.23. The van der Waals surface area contributed by atoms with Gasteiger partial charge in [-0.2, -0.15) is 0 Å². The predicted octanol–water partition coefficient (Wildman–Crippen LogP) is 3.19. The third-order valence-electron chi connectivity index (χ3n) is 4.51. The van der Waals surface area contributed by atoms with E-state index in [1.807, 2.05) is 41.6 Å². The SMILES string of the molecule is COc1ccc(C(=O)N2CCC(Cc3ccncc3)CC2)cc1. The molecule has 1 fully saturated rings. The largest absolute Gasteiger partial charge is 0.497 e. The summed E-state index contributed by atoms with van der Waals surface area (Å²) in [6, 6.07) is 11.5. The van der Waals surface area contributed by atoms with Gasteiger partial charge in [0.2, 0.25) is 0 Å². The van der Waals surface area contributed by atoms with Gasteiger partial charge in [-0.05, 0) is 67.1 Å². The summed E-state index contributed by atoms with van der Waals surface area (Å²) in [5.41, 5.74) is 2.07. The molecule has 1 aliphatic rings. The van der Waals surface area contributed by atoms with Crippen LogP contribution in [0.25, 0.3) is 0 Å². The van der Waals surface area contributed by atoms with E-state index in [1.165, 1.54) is 5.56 Å².